The Balaban J connectivity index is 1.45. The third-order valence-corrected chi connectivity index (χ3v) is 4.60. The monoisotopic (exact) mass is 348 g/mol. The summed E-state index contributed by atoms with van der Waals surface area (Å²) in [7, 11) is 1.79. The number of carbonyl (C=O) groups excluding carboxylic acids is 1. The quantitative estimate of drug-likeness (QED) is 0.722. The molecule has 1 fully saturated rings. The standard InChI is InChI=1S/C19H20N6O/c1-23-16(7-10-21-23)19(26)25-13-11-24(12-14-25)17-8-9-20-18(22-17)15-5-3-2-4-6-15/h2-10H,11-14H2,1H3. The van der Waals surface area contributed by atoms with Gasteiger partial charge in [0, 0.05) is 51.2 Å². The van der Waals surface area contributed by atoms with Gasteiger partial charge in [-0.2, -0.15) is 5.10 Å². The molecule has 0 bridgehead atoms. The number of aryl methyl sites for hydroxylation is 1. The van der Waals surface area contributed by atoms with Gasteiger partial charge in [-0.15, -0.1) is 0 Å². The topological polar surface area (TPSA) is 67.2 Å². The summed E-state index contributed by atoms with van der Waals surface area (Å²) < 4.78 is 1.62. The summed E-state index contributed by atoms with van der Waals surface area (Å²) >= 11 is 0. The van der Waals surface area contributed by atoms with Crippen molar-refractivity contribution in [2.45, 2.75) is 0 Å². The van der Waals surface area contributed by atoms with Gasteiger partial charge in [0.25, 0.3) is 5.91 Å². The Hall–Kier alpha value is -3.22. The van der Waals surface area contributed by atoms with Crippen LogP contribution in [0.5, 0.6) is 0 Å². The van der Waals surface area contributed by atoms with Crippen LogP contribution >= 0.6 is 0 Å². The fourth-order valence-electron chi connectivity index (χ4n) is 3.14. The first kappa shape index (κ1) is 16.3. The number of hydrogen-bond donors (Lipinski definition) is 0. The molecule has 0 unspecified atom stereocenters. The van der Waals surface area contributed by atoms with Crippen molar-refractivity contribution in [1.29, 1.82) is 0 Å². The van der Waals surface area contributed by atoms with E-state index < -0.39 is 0 Å². The predicted molar refractivity (Wildman–Crippen MR) is 98.8 cm³/mol. The van der Waals surface area contributed by atoms with Gasteiger partial charge >= 0.3 is 0 Å². The van der Waals surface area contributed by atoms with Crippen molar-refractivity contribution in [3.8, 4) is 11.4 Å². The number of benzene rings is 1. The molecular formula is C19H20N6O. The molecule has 0 saturated carbocycles. The SMILES string of the molecule is Cn1nccc1C(=O)N1CCN(c2ccnc(-c3ccccc3)n2)CC1. The second-order valence-electron chi connectivity index (χ2n) is 6.22. The molecule has 1 saturated heterocycles. The van der Waals surface area contributed by atoms with E-state index in [1.807, 2.05) is 41.3 Å². The van der Waals surface area contributed by atoms with Crippen molar-refractivity contribution in [2.24, 2.45) is 7.05 Å². The summed E-state index contributed by atoms with van der Waals surface area (Å²) in [6.45, 7) is 2.81. The van der Waals surface area contributed by atoms with Crippen molar-refractivity contribution in [2.75, 3.05) is 31.1 Å². The highest BCUT2D eigenvalue weighted by atomic mass is 16.2. The summed E-state index contributed by atoms with van der Waals surface area (Å²) in [4.78, 5) is 25.7. The largest absolute Gasteiger partial charge is 0.353 e. The second-order valence-corrected chi connectivity index (χ2v) is 6.22. The Kier molecular flexibility index (Phi) is 4.35. The van der Waals surface area contributed by atoms with E-state index in [0.717, 1.165) is 30.3 Å². The third-order valence-electron chi connectivity index (χ3n) is 4.60. The maximum Gasteiger partial charge on any atom is 0.272 e. The summed E-state index contributed by atoms with van der Waals surface area (Å²) in [5.41, 5.74) is 1.62. The van der Waals surface area contributed by atoms with E-state index in [1.54, 1.807) is 30.2 Å². The van der Waals surface area contributed by atoms with E-state index in [0.29, 0.717) is 18.8 Å². The highest BCUT2D eigenvalue weighted by Gasteiger charge is 2.24. The number of hydrogen-bond acceptors (Lipinski definition) is 5. The van der Waals surface area contributed by atoms with E-state index in [-0.39, 0.29) is 5.91 Å². The summed E-state index contributed by atoms with van der Waals surface area (Å²) in [5, 5.41) is 4.08. The van der Waals surface area contributed by atoms with Crippen molar-refractivity contribution in [3.63, 3.8) is 0 Å². The van der Waals surface area contributed by atoms with Gasteiger partial charge in [0.05, 0.1) is 0 Å². The third kappa shape index (κ3) is 3.15. The average Bonchev–Trinajstić information content (AvgIpc) is 3.14. The molecule has 1 amide bonds. The first-order chi connectivity index (χ1) is 12.7. The van der Waals surface area contributed by atoms with Crippen LogP contribution in [-0.4, -0.2) is 56.7 Å². The number of aromatic nitrogens is 4. The fraction of sp³-hybridized carbons (Fsp3) is 0.263. The summed E-state index contributed by atoms with van der Waals surface area (Å²) in [5.74, 6) is 1.64. The molecule has 1 aliphatic rings. The van der Waals surface area contributed by atoms with Gasteiger partial charge in [-0.25, -0.2) is 9.97 Å². The molecule has 2 aromatic heterocycles. The Morgan fingerprint density at radius 3 is 2.42 bits per heavy atom. The molecule has 7 heteroatoms. The molecule has 3 aromatic rings. The Morgan fingerprint density at radius 2 is 1.73 bits per heavy atom. The van der Waals surface area contributed by atoms with Crippen LogP contribution in [0.25, 0.3) is 11.4 Å². The summed E-state index contributed by atoms with van der Waals surface area (Å²) in [6, 6.07) is 13.6. The van der Waals surface area contributed by atoms with Gasteiger partial charge in [0.15, 0.2) is 5.82 Å². The van der Waals surface area contributed by atoms with E-state index in [2.05, 4.69) is 15.0 Å². The van der Waals surface area contributed by atoms with E-state index in [4.69, 9.17) is 4.98 Å². The van der Waals surface area contributed by atoms with Crippen LogP contribution in [-0.2, 0) is 7.05 Å². The zero-order valence-corrected chi connectivity index (χ0v) is 14.6. The smallest absolute Gasteiger partial charge is 0.272 e. The van der Waals surface area contributed by atoms with Crippen LogP contribution in [0.3, 0.4) is 0 Å². The van der Waals surface area contributed by atoms with Gasteiger partial charge in [-0.05, 0) is 12.1 Å². The van der Waals surface area contributed by atoms with E-state index in [9.17, 15) is 4.79 Å². The molecule has 0 N–H and O–H groups in total. The number of rotatable bonds is 3. The first-order valence-electron chi connectivity index (χ1n) is 8.63. The zero-order valence-electron chi connectivity index (χ0n) is 14.6. The van der Waals surface area contributed by atoms with Crippen LogP contribution in [0, 0.1) is 0 Å². The second kappa shape index (κ2) is 6.95. The minimum Gasteiger partial charge on any atom is -0.353 e. The zero-order chi connectivity index (χ0) is 17.9. The lowest BCUT2D eigenvalue weighted by atomic mass is 10.2. The molecule has 0 spiro atoms. The van der Waals surface area contributed by atoms with Gasteiger partial charge in [-0.3, -0.25) is 9.48 Å². The Bertz CT molecular complexity index is 899. The highest BCUT2D eigenvalue weighted by Crippen LogP contribution is 2.19. The first-order valence-corrected chi connectivity index (χ1v) is 8.63. The lowest BCUT2D eigenvalue weighted by Crippen LogP contribution is -2.49. The molecule has 1 aromatic carbocycles. The molecule has 0 radical (unpaired) electrons. The molecule has 1 aliphatic heterocycles. The number of nitrogens with zero attached hydrogens (tertiary/aromatic N) is 6. The molecule has 0 atom stereocenters. The van der Waals surface area contributed by atoms with Crippen LogP contribution in [0.1, 0.15) is 10.5 Å². The Labute approximate surface area is 151 Å². The summed E-state index contributed by atoms with van der Waals surface area (Å²) in [6.07, 6.45) is 3.44. The molecule has 132 valence electrons. The number of piperazine rings is 1. The van der Waals surface area contributed by atoms with Crippen molar-refractivity contribution < 1.29 is 4.79 Å². The maximum atomic E-state index is 12.6. The predicted octanol–water partition coefficient (Wildman–Crippen LogP) is 1.84. The van der Waals surface area contributed by atoms with Crippen LogP contribution < -0.4 is 4.90 Å². The lowest BCUT2D eigenvalue weighted by molar-refractivity contribution is 0.0735. The maximum absolute atomic E-state index is 12.6. The average molecular weight is 348 g/mol. The molecule has 4 rings (SSSR count). The van der Waals surface area contributed by atoms with E-state index >= 15 is 0 Å². The van der Waals surface area contributed by atoms with Crippen molar-refractivity contribution in [3.05, 3.63) is 60.6 Å². The minimum atomic E-state index is 0.0253. The van der Waals surface area contributed by atoms with Crippen molar-refractivity contribution >= 4 is 11.7 Å². The Morgan fingerprint density at radius 1 is 0.962 bits per heavy atom. The molecule has 3 heterocycles. The van der Waals surface area contributed by atoms with Crippen LogP contribution in [0.2, 0.25) is 0 Å². The number of anilines is 1. The number of amides is 1. The van der Waals surface area contributed by atoms with Crippen LogP contribution in [0.4, 0.5) is 5.82 Å². The van der Waals surface area contributed by atoms with Gasteiger partial charge in [0.2, 0.25) is 0 Å². The lowest BCUT2D eigenvalue weighted by Gasteiger charge is -2.35. The fourth-order valence-corrected chi connectivity index (χ4v) is 3.14. The molecule has 26 heavy (non-hydrogen) atoms. The molecule has 0 aliphatic carbocycles. The van der Waals surface area contributed by atoms with Gasteiger partial charge in [0.1, 0.15) is 11.5 Å². The molecule has 7 nitrogen and oxygen atoms in total. The highest BCUT2D eigenvalue weighted by molar-refractivity contribution is 5.92. The molecular weight excluding hydrogens is 328 g/mol. The van der Waals surface area contributed by atoms with Crippen molar-refractivity contribution in [1.82, 2.24) is 24.6 Å². The van der Waals surface area contributed by atoms with Gasteiger partial charge < -0.3 is 9.80 Å². The number of carbonyl (C=O) groups is 1. The normalized spacial score (nSPS) is 14.5. The van der Waals surface area contributed by atoms with E-state index in [1.165, 1.54) is 0 Å². The minimum absolute atomic E-state index is 0.0253. The van der Waals surface area contributed by atoms with Crippen LogP contribution in [0.15, 0.2) is 54.9 Å². The van der Waals surface area contributed by atoms with Gasteiger partial charge in [-0.1, -0.05) is 30.3 Å².